The maximum absolute atomic E-state index is 13.0. The van der Waals surface area contributed by atoms with E-state index < -0.39 is 30.4 Å². The van der Waals surface area contributed by atoms with Crippen molar-refractivity contribution in [2.24, 2.45) is 5.92 Å². The lowest BCUT2D eigenvalue weighted by Gasteiger charge is -2.39. The minimum Gasteiger partial charge on any atom is -0.455 e. The zero-order valence-electron chi connectivity index (χ0n) is 16.8. The van der Waals surface area contributed by atoms with E-state index in [0.717, 1.165) is 16.1 Å². The number of carbonyl (C=O) groups is 3. The van der Waals surface area contributed by atoms with Gasteiger partial charge in [0.15, 0.2) is 12.4 Å². The number of amides is 2. The fourth-order valence-electron chi connectivity index (χ4n) is 3.63. The minimum atomic E-state index is -0.586. The number of aromatic nitrogens is 1. The molecular weight excluding hydrogens is 418 g/mol. The first-order valence-electron chi connectivity index (χ1n) is 9.82. The van der Waals surface area contributed by atoms with Gasteiger partial charge in [-0.3, -0.25) is 14.4 Å². The van der Waals surface area contributed by atoms with Crippen LogP contribution < -0.4 is 10.2 Å². The Morgan fingerprint density at radius 2 is 2.06 bits per heavy atom. The highest BCUT2D eigenvalue weighted by molar-refractivity contribution is 7.10. The van der Waals surface area contributed by atoms with E-state index in [9.17, 15) is 14.4 Å². The average molecular weight is 439 g/mol. The molecule has 2 unspecified atom stereocenters. The van der Waals surface area contributed by atoms with Crippen molar-refractivity contribution >= 4 is 40.6 Å². The van der Waals surface area contributed by atoms with Gasteiger partial charge in [0.1, 0.15) is 6.26 Å². The number of anilines is 2. The number of ether oxygens (including phenoxy) is 1. The van der Waals surface area contributed by atoms with Crippen molar-refractivity contribution in [3.63, 3.8) is 0 Å². The molecule has 160 valence electrons. The van der Waals surface area contributed by atoms with Crippen LogP contribution in [0.2, 0.25) is 0 Å². The van der Waals surface area contributed by atoms with Crippen LogP contribution in [-0.2, 0) is 19.1 Å². The molecule has 1 aliphatic heterocycles. The monoisotopic (exact) mass is 439 g/mol. The van der Waals surface area contributed by atoms with Crippen molar-refractivity contribution in [1.82, 2.24) is 5.16 Å². The summed E-state index contributed by atoms with van der Waals surface area (Å²) in [6.07, 6.45) is 1.90. The molecule has 1 fully saturated rings. The molecule has 1 aliphatic rings. The van der Waals surface area contributed by atoms with E-state index in [1.165, 1.54) is 23.7 Å². The maximum Gasteiger partial charge on any atom is 0.311 e. The van der Waals surface area contributed by atoms with Gasteiger partial charge in [-0.1, -0.05) is 28.9 Å². The molecule has 3 aromatic rings. The fraction of sp³-hybridized carbons (Fsp3) is 0.273. The van der Waals surface area contributed by atoms with Gasteiger partial charge in [0, 0.05) is 23.1 Å². The summed E-state index contributed by atoms with van der Waals surface area (Å²) in [5.74, 6) is -1.42. The van der Waals surface area contributed by atoms with E-state index in [4.69, 9.17) is 4.74 Å². The number of esters is 1. The number of rotatable bonds is 6. The van der Waals surface area contributed by atoms with Gasteiger partial charge < -0.3 is 19.5 Å². The number of nitrogens with zero attached hydrogens (tertiary/aromatic N) is 2. The van der Waals surface area contributed by atoms with Crippen LogP contribution in [0.1, 0.15) is 29.3 Å². The molecule has 1 aromatic carbocycles. The highest BCUT2D eigenvalue weighted by Gasteiger charge is 2.43. The van der Waals surface area contributed by atoms with Crippen molar-refractivity contribution in [3.05, 3.63) is 64.5 Å². The molecule has 2 amide bonds. The third-order valence-corrected chi connectivity index (χ3v) is 6.04. The molecule has 1 saturated heterocycles. The van der Waals surface area contributed by atoms with Crippen LogP contribution in [0.5, 0.6) is 0 Å². The van der Waals surface area contributed by atoms with Crippen molar-refractivity contribution in [2.45, 2.75) is 25.8 Å². The normalized spacial score (nSPS) is 18.6. The minimum absolute atomic E-state index is 0.0462. The average Bonchev–Trinajstić information content (AvgIpc) is 3.47. The third-order valence-electron chi connectivity index (χ3n) is 5.10. The Morgan fingerprint density at radius 1 is 1.26 bits per heavy atom. The number of carbonyl (C=O) groups excluding carboxylic acids is 3. The Labute approximate surface area is 182 Å². The lowest BCUT2D eigenvalue weighted by Crippen LogP contribution is -2.46. The Kier molecular flexibility index (Phi) is 6.13. The van der Waals surface area contributed by atoms with Gasteiger partial charge in [0.25, 0.3) is 5.91 Å². The summed E-state index contributed by atoms with van der Waals surface area (Å²) in [7, 11) is 0. The molecule has 8 nitrogen and oxygen atoms in total. The molecular formula is C22H21N3O5S. The molecule has 4 rings (SSSR count). The Hall–Kier alpha value is -3.46. The van der Waals surface area contributed by atoms with E-state index in [2.05, 4.69) is 15.0 Å². The summed E-state index contributed by atoms with van der Waals surface area (Å²) in [6.45, 7) is 1.53. The lowest BCUT2D eigenvalue weighted by atomic mass is 9.87. The molecule has 2 atom stereocenters. The van der Waals surface area contributed by atoms with Crippen LogP contribution in [0, 0.1) is 12.8 Å². The Bertz CT molecular complexity index is 1050. The van der Waals surface area contributed by atoms with Crippen LogP contribution >= 0.6 is 11.3 Å². The van der Waals surface area contributed by atoms with Crippen molar-refractivity contribution in [2.75, 3.05) is 16.8 Å². The van der Waals surface area contributed by atoms with Gasteiger partial charge in [-0.15, -0.1) is 11.3 Å². The van der Waals surface area contributed by atoms with Gasteiger partial charge in [0.2, 0.25) is 5.91 Å². The second kappa shape index (κ2) is 9.13. The lowest BCUT2D eigenvalue weighted by molar-refractivity contribution is -0.153. The number of hydrogen-bond donors (Lipinski definition) is 1. The predicted molar refractivity (Wildman–Crippen MR) is 115 cm³/mol. The molecule has 2 aromatic heterocycles. The summed E-state index contributed by atoms with van der Waals surface area (Å²) < 4.78 is 9.97. The third kappa shape index (κ3) is 4.66. The molecule has 0 spiro atoms. The van der Waals surface area contributed by atoms with Crippen LogP contribution in [-0.4, -0.2) is 29.5 Å². The quantitative estimate of drug-likeness (QED) is 0.588. The van der Waals surface area contributed by atoms with Crippen LogP contribution in [0.25, 0.3) is 0 Å². The number of thiophene rings is 1. The molecule has 1 N–H and O–H groups in total. The topological polar surface area (TPSA) is 102 Å². The van der Waals surface area contributed by atoms with E-state index in [1.807, 2.05) is 48.7 Å². The number of nitrogens with one attached hydrogen (secondary N) is 1. The van der Waals surface area contributed by atoms with Crippen LogP contribution in [0.3, 0.4) is 0 Å². The zero-order chi connectivity index (χ0) is 21.8. The number of benzene rings is 1. The predicted octanol–water partition coefficient (Wildman–Crippen LogP) is 3.71. The second-order valence-corrected chi connectivity index (χ2v) is 8.22. The van der Waals surface area contributed by atoms with E-state index in [1.54, 1.807) is 4.90 Å². The van der Waals surface area contributed by atoms with Crippen molar-refractivity contribution in [1.29, 1.82) is 0 Å². The molecule has 9 heteroatoms. The summed E-state index contributed by atoms with van der Waals surface area (Å²) in [5.41, 5.74) is 1.81. The smallest absolute Gasteiger partial charge is 0.311 e. The number of piperidine rings is 1. The first-order chi connectivity index (χ1) is 15.0. The van der Waals surface area contributed by atoms with E-state index >= 15 is 0 Å². The molecule has 0 bridgehead atoms. The van der Waals surface area contributed by atoms with E-state index in [0.29, 0.717) is 6.42 Å². The summed E-state index contributed by atoms with van der Waals surface area (Å²) in [6, 6.07) is 12.4. The first-order valence-corrected chi connectivity index (χ1v) is 10.7. The van der Waals surface area contributed by atoms with Gasteiger partial charge in [-0.05, 0) is 36.9 Å². The second-order valence-electron chi connectivity index (χ2n) is 7.25. The highest BCUT2D eigenvalue weighted by Crippen LogP contribution is 2.42. The van der Waals surface area contributed by atoms with Crippen LogP contribution in [0.15, 0.2) is 58.6 Å². The van der Waals surface area contributed by atoms with E-state index in [-0.39, 0.29) is 18.1 Å². The highest BCUT2D eigenvalue weighted by atomic mass is 32.1. The van der Waals surface area contributed by atoms with Gasteiger partial charge >= 0.3 is 5.97 Å². The molecule has 0 aliphatic carbocycles. The molecule has 0 saturated carbocycles. The maximum atomic E-state index is 13.0. The fourth-order valence-corrected chi connectivity index (χ4v) is 4.51. The summed E-state index contributed by atoms with van der Waals surface area (Å²) >= 11 is 1.48. The SMILES string of the molecule is Cc1ccc(N2C(=O)CCC(C(=O)OCC(=O)Nc3ccon3)C2c2cccs2)cc1. The Morgan fingerprint density at radius 3 is 2.74 bits per heavy atom. The Balaban J connectivity index is 1.54. The molecule has 3 heterocycles. The number of hydrogen-bond acceptors (Lipinski definition) is 7. The molecule has 0 radical (unpaired) electrons. The summed E-state index contributed by atoms with van der Waals surface area (Å²) in [4.78, 5) is 40.5. The van der Waals surface area contributed by atoms with Crippen molar-refractivity contribution < 1.29 is 23.6 Å². The van der Waals surface area contributed by atoms with Crippen molar-refractivity contribution in [3.8, 4) is 0 Å². The molecule has 31 heavy (non-hydrogen) atoms. The van der Waals surface area contributed by atoms with Crippen LogP contribution in [0.4, 0.5) is 11.5 Å². The van der Waals surface area contributed by atoms with Gasteiger partial charge in [-0.25, -0.2) is 0 Å². The number of aryl methyl sites for hydroxylation is 1. The van der Waals surface area contributed by atoms with Gasteiger partial charge in [0.05, 0.1) is 12.0 Å². The largest absolute Gasteiger partial charge is 0.455 e. The van der Waals surface area contributed by atoms with Gasteiger partial charge in [-0.2, -0.15) is 0 Å². The standard InChI is InChI=1S/C22H21N3O5S/c1-14-4-6-15(7-5-14)25-20(27)9-8-16(21(25)17-3-2-12-31-17)22(28)29-13-19(26)23-18-10-11-30-24-18/h2-7,10-12,16,21H,8-9,13H2,1H3,(H,23,24,26). The first kappa shape index (κ1) is 20.8. The zero-order valence-corrected chi connectivity index (χ0v) is 17.6. The summed E-state index contributed by atoms with van der Waals surface area (Å²) in [5, 5.41) is 7.98.